The molecule has 6 nitrogen and oxygen atoms in total. The number of rotatable bonds is 5. The first-order chi connectivity index (χ1) is 10.7. The molecular formula is C16H20N4O2. The smallest absolute Gasteiger partial charge is 0.350 e. The Bertz CT molecular complexity index is 757. The van der Waals surface area contributed by atoms with Crippen LogP contribution >= 0.6 is 0 Å². The van der Waals surface area contributed by atoms with Crippen molar-refractivity contribution in [1.82, 2.24) is 19.5 Å². The van der Waals surface area contributed by atoms with Crippen LogP contribution in [0.3, 0.4) is 0 Å². The normalized spacial score (nSPS) is 14.8. The minimum Gasteiger partial charge on any atom is -0.354 e. The van der Waals surface area contributed by atoms with Gasteiger partial charge in [-0.05, 0) is 44.2 Å². The molecule has 0 saturated heterocycles. The van der Waals surface area contributed by atoms with E-state index >= 15 is 0 Å². The number of pyridine rings is 1. The van der Waals surface area contributed by atoms with Crippen molar-refractivity contribution in [3.05, 3.63) is 46.5 Å². The molecule has 1 aliphatic carbocycles. The topological polar surface area (TPSA) is 68.4 Å². The molecule has 0 aliphatic heterocycles. The Hall–Kier alpha value is -2.37. The molecule has 2 aromatic heterocycles. The summed E-state index contributed by atoms with van der Waals surface area (Å²) in [6, 6.07) is 5.31. The van der Waals surface area contributed by atoms with Crippen LogP contribution in [0.25, 0.3) is 5.65 Å². The van der Waals surface area contributed by atoms with Gasteiger partial charge in [-0.2, -0.15) is 0 Å². The Morgan fingerprint density at radius 2 is 2.23 bits per heavy atom. The summed E-state index contributed by atoms with van der Waals surface area (Å²) < 4.78 is 2.63. The highest BCUT2D eigenvalue weighted by Crippen LogP contribution is 2.19. The first kappa shape index (κ1) is 14.6. The highest BCUT2D eigenvalue weighted by molar-refractivity contribution is 5.75. The van der Waals surface area contributed by atoms with Crippen molar-refractivity contribution in [3.63, 3.8) is 0 Å². The first-order valence-corrected chi connectivity index (χ1v) is 7.73. The number of hydrogen-bond acceptors (Lipinski definition) is 3. The zero-order valence-electron chi connectivity index (χ0n) is 12.5. The van der Waals surface area contributed by atoms with E-state index in [9.17, 15) is 9.59 Å². The lowest BCUT2D eigenvalue weighted by Crippen LogP contribution is -2.33. The molecule has 2 heterocycles. The number of allylic oxidation sites excluding steroid dienone is 1. The van der Waals surface area contributed by atoms with Crippen molar-refractivity contribution >= 4 is 11.6 Å². The van der Waals surface area contributed by atoms with E-state index in [-0.39, 0.29) is 18.1 Å². The fourth-order valence-corrected chi connectivity index (χ4v) is 2.76. The molecule has 2 aromatic rings. The molecule has 116 valence electrons. The molecule has 1 amide bonds. The van der Waals surface area contributed by atoms with E-state index < -0.39 is 0 Å². The van der Waals surface area contributed by atoms with Crippen LogP contribution in [0, 0.1) is 0 Å². The quantitative estimate of drug-likeness (QED) is 0.851. The van der Waals surface area contributed by atoms with Crippen LogP contribution in [-0.4, -0.2) is 26.6 Å². The third-order valence-electron chi connectivity index (χ3n) is 3.94. The molecule has 22 heavy (non-hydrogen) atoms. The van der Waals surface area contributed by atoms with Crippen molar-refractivity contribution in [1.29, 1.82) is 0 Å². The second-order valence-electron chi connectivity index (χ2n) is 5.58. The Balaban J connectivity index is 1.55. The zero-order valence-corrected chi connectivity index (χ0v) is 12.5. The van der Waals surface area contributed by atoms with Crippen LogP contribution in [0.4, 0.5) is 0 Å². The van der Waals surface area contributed by atoms with Crippen molar-refractivity contribution < 1.29 is 4.79 Å². The van der Waals surface area contributed by atoms with Gasteiger partial charge in [-0.1, -0.05) is 17.7 Å². The van der Waals surface area contributed by atoms with E-state index in [0.717, 1.165) is 19.3 Å². The average molecular weight is 300 g/mol. The Kier molecular flexibility index (Phi) is 4.37. The summed E-state index contributed by atoms with van der Waals surface area (Å²) in [6.45, 7) is 0.576. The maximum atomic E-state index is 12.1. The van der Waals surface area contributed by atoms with Gasteiger partial charge in [0.2, 0.25) is 5.91 Å². The molecule has 0 aromatic carbocycles. The van der Waals surface area contributed by atoms with Crippen LogP contribution in [0.2, 0.25) is 0 Å². The summed E-state index contributed by atoms with van der Waals surface area (Å²) in [5.74, 6) is -0.179. The van der Waals surface area contributed by atoms with Crippen LogP contribution in [0.15, 0.2) is 40.8 Å². The highest BCUT2D eigenvalue weighted by Gasteiger charge is 2.10. The van der Waals surface area contributed by atoms with Gasteiger partial charge in [0.1, 0.15) is 6.54 Å². The standard InChI is InChI=1S/C16H20N4O2/c21-15(17-10-9-13-6-2-1-3-7-13)12-20-16(22)19-11-5-4-8-14(19)18-20/h4-6,8,11H,1-3,7,9-10,12H2,(H,17,21). The number of carbonyl (C=O) groups is 1. The molecule has 0 unspecified atom stereocenters. The monoisotopic (exact) mass is 300 g/mol. The molecule has 0 fully saturated rings. The Morgan fingerprint density at radius 3 is 3.00 bits per heavy atom. The van der Waals surface area contributed by atoms with E-state index in [4.69, 9.17) is 0 Å². The fraction of sp³-hybridized carbons (Fsp3) is 0.438. The minimum absolute atomic E-state index is 0.0421. The maximum Gasteiger partial charge on any atom is 0.350 e. The van der Waals surface area contributed by atoms with Gasteiger partial charge in [0, 0.05) is 12.7 Å². The molecule has 0 atom stereocenters. The molecule has 0 radical (unpaired) electrons. The predicted molar refractivity (Wildman–Crippen MR) is 83.6 cm³/mol. The maximum absolute atomic E-state index is 12.1. The molecule has 6 heteroatoms. The number of amides is 1. The van der Waals surface area contributed by atoms with Gasteiger partial charge in [0.25, 0.3) is 0 Å². The summed E-state index contributed by atoms with van der Waals surface area (Å²) in [4.78, 5) is 24.0. The fourth-order valence-electron chi connectivity index (χ4n) is 2.76. The van der Waals surface area contributed by atoms with E-state index in [1.165, 1.54) is 27.5 Å². The van der Waals surface area contributed by atoms with Gasteiger partial charge in [0.05, 0.1) is 0 Å². The number of hydrogen-bond donors (Lipinski definition) is 1. The van der Waals surface area contributed by atoms with Crippen molar-refractivity contribution in [2.24, 2.45) is 0 Å². The molecule has 0 spiro atoms. The van der Waals surface area contributed by atoms with Crippen LogP contribution in [-0.2, 0) is 11.3 Å². The average Bonchev–Trinajstić information content (AvgIpc) is 2.85. The second-order valence-corrected chi connectivity index (χ2v) is 5.58. The van der Waals surface area contributed by atoms with E-state index in [1.54, 1.807) is 18.3 Å². The molecule has 1 aliphatic rings. The van der Waals surface area contributed by atoms with Crippen LogP contribution in [0.1, 0.15) is 32.1 Å². The number of nitrogens with one attached hydrogen (secondary N) is 1. The summed E-state index contributed by atoms with van der Waals surface area (Å²) in [7, 11) is 0. The summed E-state index contributed by atoms with van der Waals surface area (Å²) >= 11 is 0. The van der Waals surface area contributed by atoms with Crippen molar-refractivity contribution in [2.45, 2.75) is 38.6 Å². The number of aromatic nitrogens is 3. The van der Waals surface area contributed by atoms with Crippen molar-refractivity contribution in [3.8, 4) is 0 Å². The SMILES string of the molecule is O=C(Cn1nc2ccccn2c1=O)NCCC1=CCCCC1. The number of carbonyl (C=O) groups excluding carboxylic acids is 1. The van der Waals surface area contributed by atoms with Gasteiger partial charge in [-0.15, -0.1) is 5.10 Å². The first-order valence-electron chi connectivity index (χ1n) is 7.73. The van der Waals surface area contributed by atoms with E-state index in [2.05, 4.69) is 16.5 Å². The van der Waals surface area contributed by atoms with Crippen LogP contribution in [0.5, 0.6) is 0 Å². The van der Waals surface area contributed by atoms with Gasteiger partial charge in [0.15, 0.2) is 5.65 Å². The molecule has 0 saturated carbocycles. The van der Waals surface area contributed by atoms with E-state index in [1.807, 2.05) is 6.07 Å². The lowest BCUT2D eigenvalue weighted by molar-refractivity contribution is -0.121. The lowest BCUT2D eigenvalue weighted by Gasteiger charge is -2.12. The van der Waals surface area contributed by atoms with E-state index in [0.29, 0.717) is 12.2 Å². The van der Waals surface area contributed by atoms with Gasteiger partial charge < -0.3 is 5.32 Å². The zero-order chi connectivity index (χ0) is 15.4. The Morgan fingerprint density at radius 1 is 1.32 bits per heavy atom. The van der Waals surface area contributed by atoms with Gasteiger partial charge >= 0.3 is 5.69 Å². The molecule has 0 bridgehead atoms. The van der Waals surface area contributed by atoms with Gasteiger partial charge in [-0.3, -0.25) is 9.20 Å². The number of nitrogens with zero attached hydrogens (tertiary/aromatic N) is 3. The van der Waals surface area contributed by atoms with Crippen molar-refractivity contribution in [2.75, 3.05) is 6.54 Å². The lowest BCUT2D eigenvalue weighted by atomic mass is 9.97. The summed E-state index contributed by atoms with van der Waals surface area (Å²) in [5.41, 5.74) is 1.69. The molecule has 1 N–H and O–H groups in total. The minimum atomic E-state index is -0.291. The Labute approximate surface area is 128 Å². The highest BCUT2D eigenvalue weighted by atomic mass is 16.2. The predicted octanol–water partition coefficient (Wildman–Crippen LogP) is 1.50. The largest absolute Gasteiger partial charge is 0.354 e. The van der Waals surface area contributed by atoms with Crippen LogP contribution < -0.4 is 11.0 Å². The molecular weight excluding hydrogens is 280 g/mol. The number of fused-ring (bicyclic) bond motifs is 1. The van der Waals surface area contributed by atoms with Gasteiger partial charge in [-0.25, -0.2) is 9.48 Å². The third-order valence-corrected chi connectivity index (χ3v) is 3.94. The third kappa shape index (κ3) is 3.27. The molecule has 3 rings (SSSR count). The second kappa shape index (κ2) is 6.60. The summed E-state index contributed by atoms with van der Waals surface area (Å²) in [6.07, 6.45) is 9.63. The summed E-state index contributed by atoms with van der Waals surface area (Å²) in [5, 5.41) is 7.01.